The largest absolute Gasteiger partial charge is 0.331 e. The zero-order valence-electron chi connectivity index (χ0n) is 12.4. The number of nitrogens with zero attached hydrogens (tertiary/aromatic N) is 1. The van der Waals surface area contributed by atoms with Crippen LogP contribution in [0.1, 0.15) is 24.1 Å². The fourth-order valence-electron chi connectivity index (χ4n) is 2.14. The SMILES string of the molecule is Cc1c(NC(=O)NC(C)c2ccccc2)cccc1[N+](=O)[O-]. The molecule has 1 atom stereocenters. The van der Waals surface area contributed by atoms with Gasteiger partial charge in [0.25, 0.3) is 5.69 Å². The first-order valence-electron chi connectivity index (χ1n) is 6.85. The summed E-state index contributed by atoms with van der Waals surface area (Å²) in [6.07, 6.45) is 0. The van der Waals surface area contributed by atoms with Crippen molar-refractivity contribution in [3.05, 3.63) is 69.8 Å². The number of nitro benzene ring substituents is 1. The van der Waals surface area contributed by atoms with Crippen LogP contribution in [-0.2, 0) is 0 Å². The molecule has 0 aliphatic heterocycles. The highest BCUT2D eigenvalue weighted by atomic mass is 16.6. The quantitative estimate of drug-likeness (QED) is 0.665. The van der Waals surface area contributed by atoms with Crippen molar-refractivity contribution in [2.45, 2.75) is 19.9 Å². The lowest BCUT2D eigenvalue weighted by atomic mass is 10.1. The molecule has 0 saturated carbocycles. The van der Waals surface area contributed by atoms with Gasteiger partial charge in [0.05, 0.1) is 22.2 Å². The van der Waals surface area contributed by atoms with E-state index in [4.69, 9.17) is 0 Å². The topological polar surface area (TPSA) is 84.3 Å². The van der Waals surface area contributed by atoms with Crippen molar-refractivity contribution in [1.29, 1.82) is 0 Å². The Morgan fingerprint density at radius 1 is 1.14 bits per heavy atom. The molecule has 0 bridgehead atoms. The van der Waals surface area contributed by atoms with Gasteiger partial charge in [0.15, 0.2) is 0 Å². The van der Waals surface area contributed by atoms with Crippen molar-refractivity contribution in [2.24, 2.45) is 0 Å². The number of anilines is 1. The Balaban J connectivity index is 2.07. The monoisotopic (exact) mass is 299 g/mol. The number of nitrogens with one attached hydrogen (secondary N) is 2. The molecule has 2 aromatic rings. The third-order valence-corrected chi connectivity index (χ3v) is 3.40. The van der Waals surface area contributed by atoms with Crippen LogP contribution in [0.4, 0.5) is 16.2 Å². The van der Waals surface area contributed by atoms with E-state index in [0.717, 1.165) is 5.56 Å². The second kappa shape index (κ2) is 6.71. The summed E-state index contributed by atoms with van der Waals surface area (Å²) in [5, 5.41) is 16.4. The highest BCUT2D eigenvalue weighted by Crippen LogP contribution is 2.25. The maximum atomic E-state index is 12.0. The molecule has 6 nitrogen and oxygen atoms in total. The van der Waals surface area contributed by atoms with E-state index in [2.05, 4.69) is 10.6 Å². The highest BCUT2D eigenvalue weighted by Gasteiger charge is 2.15. The van der Waals surface area contributed by atoms with E-state index in [1.807, 2.05) is 37.3 Å². The van der Waals surface area contributed by atoms with Crippen LogP contribution in [0.15, 0.2) is 48.5 Å². The number of carbonyl (C=O) groups is 1. The molecule has 2 rings (SSSR count). The molecule has 22 heavy (non-hydrogen) atoms. The Labute approximate surface area is 128 Å². The van der Waals surface area contributed by atoms with E-state index in [1.54, 1.807) is 19.1 Å². The molecule has 0 saturated heterocycles. The maximum Gasteiger partial charge on any atom is 0.319 e. The van der Waals surface area contributed by atoms with Crippen molar-refractivity contribution in [3.63, 3.8) is 0 Å². The molecule has 114 valence electrons. The van der Waals surface area contributed by atoms with Crippen LogP contribution in [0.3, 0.4) is 0 Å². The summed E-state index contributed by atoms with van der Waals surface area (Å²) in [5.74, 6) is 0. The van der Waals surface area contributed by atoms with Crippen molar-refractivity contribution in [2.75, 3.05) is 5.32 Å². The van der Waals surface area contributed by atoms with Crippen LogP contribution in [0.2, 0.25) is 0 Å². The standard InChI is InChI=1S/C16H17N3O3/c1-11-14(9-6-10-15(11)19(21)22)18-16(20)17-12(2)13-7-4-3-5-8-13/h3-10,12H,1-2H3,(H2,17,18,20). The molecule has 0 radical (unpaired) electrons. The number of hydrogen-bond acceptors (Lipinski definition) is 3. The van der Waals surface area contributed by atoms with E-state index in [0.29, 0.717) is 11.3 Å². The lowest BCUT2D eigenvalue weighted by Crippen LogP contribution is -2.31. The molecule has 0 aromatic heterocycles. The summed E-state index contributed by atoms with van der Waals surface area (Å²) in [6.45, 7) is 3.48. The van der Waals surface area contributed by atoms with Gasteiger partial charge in [-0.1, -0.05) is 36.4 Å². The Kier molecular flexibility index (Phi) is 4.73. The average molecular weight is 299 g/mol. The minimum Gasteiger partial charge on any atom is -0.331 e. The van der Waals surface area contributed by atoms with Crippen LogP contribution in [0, 0.1) is 17.0 Å². The summed E-state index contributed by atoms with van der Waals surface area (Å²) in [4.78, 5) is 22.5. The average Bonchev–Trinajstić information content (AvgIpc) is 2.50. The van der Waals surface area contributed by atoms with Crippen LogP contribution in [0.5, 0.6) is 0 Å². The minimum absolute atomic E-state index is 0.0195. The molecule has 0 aliphatic rings. The Morgan fingerprint density at radius 3 is 2.45 bits per heavy atom. The van der Waals surface area contributed by atoms with E-state index in [-0.39, 0.29) is 11.7 Å². The number of rotatable bonds is 4. The fraction of sp³-hybridized carbons (Fsp3) is 0.188. The summed E-state index contributed by atoms with van der Waals surface area (Å²) in [5.41, 5.74) is 1.81. The first-order chi connectivity index (χ1) is 10.5. The van der Waals surface area contributed by atoms with E-state index < -0.39 is 11.0 Å². The molecule has 1 unspecified atom stereocenters. The van der Waals surface area contributed by atoms with Gasteiger partial charge in [-0.2, -0.15) is 0 Å². The normalized spacial score (nSPS) is 11.5. The second-order valence-electron chi connectivity index (χ2n) is 4.94. The van der Waals surface area contributed by atoms with E-state index in [1.165, 1.54) is 6.07 Å². The lowest BCUT2D eigenvalue weighted by molar-refractivity contribution is -0.385. The van der Waals surface area contributed by atoms with Gasteiger partial charge >= 0.3 is 6.03 Å². The summed E-state index contributed by atoms with van der Waals surface area (Å²) in [6, 6.07) is 13.6. The molecule has 0 fully saturated rings. The Hall–Kier alpha value is -2.89. The smallest absolute Gasteiger partial charge is 0.319 e. The zero-order chi connectivity index (χ0) is 16.1. The summed E-state index contributed by atoms with van der Waals surface area (Å²) in [7, 11) is 0. The second-order valence-corrected chi connectivity index (χ2v) is 4.94. The number of amides is 2. The predicted octanol–water partition coefficient (Wildman–Crippen LogP) is 3.79. The van der Waals surface area contributed by atoms with Gasteiger partial charge in [0, 0.05) is 6.07 Å². The van der Waals surface area contributed by atoms with Crippen molar-refractivity contribution in [3.8, 4) is 0 Å². The Morgan fingerprint density at radius 2 is 1.82 bits per heavy atom. The van der Waals surface area contributed by atoms with E-state index >= 15 is 0 Å². The van der Waals surface area contributed by atoms with E-state index in [9.17, 15) is 14.9 Å². The predicted molar refractivity (Wildman–Crippen MR) is 84.8 cm³/mol. The van der Waals surface area contributed by atoms with Gasteiger partial charge in [0.1, 0.15) is 0 Å². The number of carbonyl (C=O) groups excluding carboxylic acids is 1. The van der Waals surface area contributed by atoms with Gasteiger partial charge < -0.3 is 10.6 Å². The van der Waals surface area contributed by atoms with Gasteiger partial charge in [-0.15, -0.1) is 0 Å². The first kappa shape index (κ1) is 15.5. The third kappa shape index (κ3) is 3.60. The van der Waals surface area contributed by atoms with Gasteiger partial charge in [-0.05, 0) is 25.5 Å². The first-order valence-corrected chi connectivity index (χ1v) is 6.85. The summed E-state index contributed by atoms with van der Waals surface area (Å²) < 4.78 is 0. The molecular weight excluding hydrogens is 282 g/mol. The molecule has 6 heteroatoms. The van der Waals surface area contributed by atoms with Crippen LogP contribution >= 0.6 is 0 Å². The molecule has 0 spiro atoms. The van der Waals surface area contributed by atoms with Crippen molar-refractivity contribution in [1.82, 2.24) is 5.32 Å². The van der Waals surface area contributed by atoms with Gasteiger partial charge in [-0.3, -0.25) is 10.1 Å². The number of urea groups is 1. The van der Waals surface area contributed by atoms with Gasteiger partial charge in [-0.25, -0.2) is 4.79 Å². The lowest BCUT2D eigenvalue weighted by Gasteiger charge is -2.15. The minimum atomic E-state index is -0.467. The van der Waals surface area contributed by atoms with Crippen LogP contribution < -0.4 is 10.6 Å². The molecule has 0 aliphatic carbocycles. The number of hydrogen-bond donors (Lipinski definition) is 2. The van der Waals surface area contributed by atoms with Crippen molar-refractivity contribution < 1.29 is 9.72 Å². The molecule has 2 amide bonds. The molecule has 2 N–H and O–H groups in total. The molecule has 2 aromatic carbocycles. The number of benzene rings is 2. The van der Waals surface area contributed by atoms with Crippen LogP contribution in [-0.4, -0.2) is 11.0 Å². The highest BCUT2D eigenvalue weighted by molar-refractivity contribution is 5.91. The molecular formula is C16H17N3O3. The number of nitro groups is 1. The van der Waals surface area contributed by atoms with Crippen LogP contribution in [0.25, 0.3) is 0 Å². The maximum absolute atomic E-state index is 12.0. The van der Waals surface area contributed by atoms with Gasteiger partial charge in [0.2, 0.25) is 0 Å². The Bertz CT molecular complexity index is 686. The molecule has 0 heterocycles. The van der Waals surface area contributed by atoms with Crippen molar-refractivity contribution >= 4 is 17.4 Å². The zero-order valence-corrected chi connectivity index (χ0v) is 12.4. The third-order valence-electron chi connectivity index (χ3n) is 3.40. The fourth-order valence-corrected chi connectivity index (χ4v) is 2.14. The summed E-state index contributed by atoms with van der Waals surface area (Å²) >= 11 is 0.